The molecule has 0 saturated heterocycles. The number of alkyl halides is 1. The second-order valence-electron chi connectivity index (χ2n) is 4.60. The second kappa shape index (κ2) is 8.16. The lowest BCUT2D eigenvalue weighted by Gasteiger charge is -2.26. The topological polar surface area (TPSA) is 39.9 Å². The second-order valence-corrected chi connectivity index (χ2v) is 6.07. The van der Waals surface area contributed by atoms with Gasteiger partial charge in [0.05, 0.1) is 12.5 Å². The summed E-state index contributed by atoms with van der Waals surface area (Å²) in [4.78, 5) is 6.39. The summed E-state index contributed by atoms with van der Waals surface area (Å²) < 4.78 is 1.06. The lowest BCUT2D eigenvalue weighted by molar-refractivity contribution is 0.791. The highest BCUT2D eigenvalue weighted by Gasteiger charge is 2.12. The Hall–Kier alpha value is -1.38. The summed E-state index contributed by atoms with van der Waals surface area (Å²) in [5.41, 5.74) is 3.49. The lowest BCUT2D eigenvalue weighted by Crippen LogP contribution is -2.24. The SMILES string of the molecule is N#CCCN(Cc1cccnc1)c1ccc(Br)cc1CBr. The number of hydrogen-bond donors (Lipinski definition) is 0. The highest BCUT2D eigenvalue weighted by molar-refractivity contribution is 9.10. The van der Waals surface area contributed by atoms with Gasteiger partial charge in [-0.1, -0.05) is 37.9 Å². The molecule has 0 fully saturated rings. The fraction of sp³-hybridized carbons (Fsp3) is 0.250. The predicted molar refractivity (Wildman–Crippen MR) is 92.3 cm³/mol. The van der Waals surface area contributed by atoms with Crippen LogP contribution in [-0.4, -0.2) is 11.5 Å². The Labute approximate surface area is 141 Å². The van der Waals surface area contributed by atoms with Gasteiger partial charge in [0, 0.05) is 41.0 Å². The molecular weight excluding hydrogens is 394 g/mol. The van der Waals surface area contributed by atoms with Crippen molar-refractivity contribution in [1.82, 2.24) is 4.98 Å². The number of halogens is 2. The standard InChI is InChI=1S/C16H15Br2N3/c17-10-14-9-15(18)4-5-16(14)21(8-2-6-19)12-13-3-1-7-20-11-13/h1,3-5,7,9,11H,2,8,10,12H2. The Balaban J connectivity index is 2.29. The molecule has 1 heterocycles. The first-order chi connectivity index (χ1) is 10.2. The van der Waals surface area contributed by atoms with Crippen molar-refractivity contribution in [3.63, 3.8) is 0 Å². The lowest BCUT2D eigenvalue weighted by atomic mass is 10.1. The Kier molecular flexibility index (Phi) is 6.21. The van der Waals surface area contributed by atoms with Gasteiger partial charge in [-0.15, -0.1) is 0 Å². The van der Waals surface area contributed by atoms with Crippen molar-refractivity contribution in [2.45, 2.75) is 18.3 Å². The van der Waals surface area contributed by atoms with Crippen LogP contribution in [-0.2, 0) is 11.9 Å². The minimum Gasteiger partial charge on any atom is -0.366 e. The zero-order valence-electron chi connectivity index (χ0n) is 11.5. The minimum atomic E-state index is 0.498. The molecule has 0 atom stereocenters. The highest BCUT2D eigenvalue weighted by atomic mass is 79.9. The van der Waals surface area contributed by atoms with Crippen LogP contribution in [0.2, 0.25) is 0 Å². The van der Waals surface area contributed by atoms with Crippen molar-refractivity contribution in [3.8, 4) is 6.07 Å². The third-order valence-electron chi connectivity index (χ3n) is 3.12. The Morgan fingerprint density at radius 2 is 2.14 bits per heavy atom. The zero-order valence-corrected chi connectivity index (χ0v) is 14.6. The summed E-state index contributed by atoms with van der Waals surface area (Å²) in [5.74, 6) is 0. The first kappa shape index (κ1) is 16.0. The van der Waals surface area contributed by atoms with E-state index in [0.29, 0.717) is 13.0 Å². The summed E-state index contributed by atoms with van der Waals surface area (Å²) in [6.45, 7) is 1.45. The van der Waals surface area contributed by atoms with Crippen LogP contribution in [0.15, 0.2) is 47.2 Å². The Morgan fingerprint density at radius 1 is 1.29 bits per heavy atom. The van der Waals surface area contributed by atoms with Crippen molar-refractivity contribution >= 4 is 37.5 Å². The molecule has 2 aromatic rings. The van der Waals surface area contributed by atoms with Gasteiger partial charge >= 0.3 is 0 Å². The van der Waals surface area contributed by atoms with E-state index in [1.165, 1.54) is 5.56 Å². The molecule has 0 aliphatic rings. The average Bonchev–Trinajstić information content (AvgIpc) is 2.52. The van der Waals surface area contributed by atoms with Crippen LogP contribution in [0.5, 0.6) is 0 Å². The van der Waals surface area contributed by atoms with Gasteiger partial charge < -0.3 is 4.90 Å². The normalized spacial score (nSPS) is 10.1. The monoisotopic (exact) mass is 407 g/mol. The van der Waals surface area contributed by atoms with Gasteiger partial charge in [0.1, 0.15) is 0 Å². The van der Waals surface area contributed by atoms with E-state index in [2.05, 4.69) is 66.0 Å². The van der Waals surface area contributed by atoms with Crippen LogP contribution < -0.4 is 4.90 Å². The molecular formula is C16H15Br2N3. The summed E-state index contributed by atoms with van der Waals surface area (Å²) in [5, 5.41) is 9.67. The van der Waals surface area contributed by atoms with Gasteiger partial charge in [-0.2, -0.15) is 5.26 Å². The molecule has 0 saturated carbocycles. The molecule has 0 unspecified atom stereocenters. The fourth-order valence-corrected chi connectivity index (χ4v) is 3.01. The number of aromatic nitrogens is 1. The van der Waals surface area contributed by atoms with Crippen molar-refractivity contribution in [3.05, 3.63) is 58.3 Å². The first-order valence-electron chi connectivity index (χ1n) is 6.60. The molecule has 0 radical (unpaired) electrons. The summed E-state index contributed by atoms with van der Waals surface area (Å²) >= 11 is 7.04. The molecule has 2 rings (SSSR count). The van der Waals surface area contributed by atoms with E-state index >= 15 is 0 Å². The summed E-state index contributed by atoms with van der Waals surface area (Å²) in [6, 6.07) is 12.4. The van der Waals surface area contributed by atoms with E-state index in [1.807, 2.05) is 18.3 Å². The molecule has 0 aliphatic heterocycles. The van der Waals surface area contributed by atoms with Crippen molar-refractivity contribution < 1.29 is 0 Å². The summed E-state index contributed by atoms with van der Waals surface area (Å²) in [6.07, 6.45) is 4.14. The molecule has 1 aromatic heterocycles. The molecule has 0 aliphatic carbocycles. The molecule has 21 heavy (non-hydrogen) atoms. The maximum Gasteiger partial charge on any atom is 0.0640 e. The van der Waals surface area contributed by atoms with E-state index in [0.717, 1.165) is 27.6 Å². The third-order valence-corrected chi connectivity index (χ3v) is 4.21. The van der Waals surface area contributed by atoms with E-state index in [4.69, 9.17) is 5.26 Å². The smallest absolute Gasteiger partial charge is 0.0640 e. The molecule has 0 amide bonds. The van der Waals surface area contributed by atoms with Crippen LogP contribution in [0.25, 0.3) is 0 Å². The number of nitrogens with zero attached hydrogens (tertiary/aromatic N) is 3. The van der Waals surface area contributed by atoms with E-state index < -0.39 is 0 Å². The van der Waals surface area contributed by atoms with E-state index in [1.54, 1.807) is 6.20 Å². The number of benzene rings is 1. The van der Waals surface area contributed by atoms with Crippen LogP contribution >= 0.6 is 31.9 Å². The van der Waals surface area contributed by atoms with Gasteiger partial charge in [0.15, 0.2) is 0 Å². The maximum absolute atomic E-state index is 8.89. The average molecular weight is 409 g/mol. The zero-order chi connectivity index (χ0) is 15.1. The molecule has 0 bridgehead atoms. The van der Waals surface area contributed by atoms with Gasteiger partial charge in [-0.05, 0) is 35.4 Å². The Bertz CT molecular complexity index is 623. The molecule has 5 heteroatoms. The molecule has 0 spiro atoms. The van der Waals surface area contributed by atoms with Crippen molar-refractivity contribution in [2.24, 2.45) is 0 Å². The van der Waals surface area contributed by atoms with Gasteiger partial charge in [-0.25, -0.2) is 0 Å². The highest BCUT2D eigenvalue weighted by Crippen LogP contribution is 2.28. The number of nitriles is 1. The largest absolute Gasteiger partial charge is 0.366 e. The van der Waals surface area contributed by atoms with Crippen molar-refractivity contribution in [1.29, 1.82) is 5.26 Å². The van der Waals surface area contributed by atoms with Crippen LogP contribution in [0.3, 0.4) is 0 Å². The Morgan fingerprint density at radius 3 is 2.81 bits per heavy atom. The van der Waals surface area contributed by atoms with Gasteiger partial charge in [-0.3, -0.25) is 4.98 Å². The molecule has 1 aromatic carbocycles. The molecule has 108 valence electrons. The number of hydrogen-bond acceptors (Lipinski definition) is 3. The quantitative estimate of drug-likeness (QED) is 0.652. The predicted octanol–water partition coefficient (Wildman–Crippen LogP) is 4.66. The van der Waals surface area contributed by atoms with Gasteiger partial charge in [0.2, 0.25) is 0 Å². The van der Waals surface area contributed by atoms with Crippen LogP contribution in [0.1, 0.15) is 17.5 Å². The molecule has 0 N–H and O–H groups in total. The first-order valence-corrected chi connectivity index (χ1v) is 8.51. The number of rotatable bonds is 6. The van der Waals surface area contributed by atoms with Gasteiger partial charge in [0.25, 0.3) is 0 Å². The molecule has 3 nitrogen and oxygen atoms in total. The van der Waals surface area contributed by atoms with Crippen LogP contribution in [0, 0.1) is 11.3 Å². The minimum absolute atomic E-state index is 0.498. The van der Waals surface area contributed by atoms with E-state index in [9.17, 15) is 0 Å². The number of pyridine rings is 1. The number of anilines is 1. The summed E-state index contributed by atoms with van der Waals surface area (Å²) in [7, 11) is 0. The van der Waals surface area contributed by atoms with E-state index in [-0.39, 0.29) is 0 Å². The fourth-order valence-electron chi connectivity index (χ4n) is 2.15. The maximum atomic E-state index is 8.89. The third kappa shape index (κ3) is 4.55. The van der Waals surface area contributed by atoms with Crippen LogP contribution in [0.4, 0.5) is 5.69 Å². The van der Waals surface area contributed by atoms with Crippen molar-refractivity contribution in [2.75, 3.05) is 11.4 Å².